The largest absolute Gasteiger partial charge is 1.00 e. The van der Waals surface area contributed by atoms with Gasteiger partial charge in [0, 0.05) is 12.1 Å². The van der Waals surface area contributed by atoms with E-state index in [9.17, 15) is 46.6 Å². The van der Waals surface area contributed by atoms with E-state index >= 15 is 0 Å². The second kappa shape index (κ2) is 28.5. The van der Waals surface area contributed by atoms with E-state index < -0.39 is 50.4 Å². The zero-order valence-corrected chi connectivity index (χ0v) is 32.3. The van der Waals surface area contributed by atoms with Gasteiger partial charge in [0.25, 0.3) is 5.69 Å². The molecule has 0 bridgehead atoms. The van der Waals surface area contributed by atoms with Gasteiger partial charge in [0.05, 0.1) is 41.3 Å². The van der Waals surface area contributed by atoms with Gasteiger partial charge in [0.2, 0.25) is 5.82 Å². The maximum atomic E-state index is 12.7. The van der Waals surface area contributed by atoms with Crippen molar-refractivity contribution in [2.24, 2.45) is 0 Å². The molecule has 0 fully saturated rings. The summed E-state index contributed by atoms with van der Waals surface area (Å²) in [6.07, 6.45) is 0. The third kappa shape index (κ3) is 19.3. The fourth-order valence-electron chi connectivity index (χ4n) is 2.79. The van der Waals surface area contributed by atoms with Crippen molar-refractivity contribution in [3.05, 3.63) is 171 Å². The molecule has 0 saturated heterocycles. The van der Waals surface area contributed by atoms with Crippen LogP contribution < -0.4 is 67.6 Å². The Morgan fingerprint density at radius 1 is 0.472 bits per heavy atom. The van der Waals surface area contributed by atoms with Crippen LogP contribution in [-0.4, -0.2) is 9.85 Å². The van der Waals surface area contributed by atoms with Gasteiger partial charge in [0.15, 0.2) is 29.1 Å². The summed E-state index contributed by atoms with van der Waals surface area (Å²) < 4.78 is 73.9. The number of hydrogen-bond acceptors (Lipinski definition) is 6. The maximum absolute atomic E-state index is 12.7. The molecule has 0 heterocycles. The van der Waals surface area contributed by atoms with Crippen LogP contribution in [0.25, 0.3) is 0 Å². The van der Waals surface area contributed by atoms with Crippen molar-refractivity contribution < 1.29 is 92.3 Å². The van der Waals surface area contributed by atoms with Gasteiger partial charge < -0.3 is 16.2 Å². The number of halogens is 12. The Labute approximate surface area is 367 Å². The number of benzene rings is 5. The molecule has 0 saturated carbocycles. The van der Waals surface area contributed by atoms with Crippen molar-refractivity contribution in [1.82, 2.24) is 0 Å². The van der Waals surface area contributed by atoms with Crippen LogP contribution in [0, 0.1) is 55.1 Å². The average Bonchev–Trinajstić information content (AvgIpc) is 3.05. The fraction of sp³-hybridized carbons (Fsp3) is 0.0625. The van der Waals surface area contributed by atoms with Gasteiger partial charge in [-0.2, -0.15) is 4.39 Å². The van der Waals surface area contributed by atoms with Crippen LogP contribution in [0.3, 0.4) is 0 Å². The van der Waals surface area contributed by atoms with Crippen LogP contribution in [-0.2, 0) is 0 Å². The van der Waals surface area contributed by atoms with Crippen molar-refractivity contribution in [3.8, 4) is 0 Å². The first-order valence-corrected chi connectivity index (χ1v) is 14.4. The van der Waals surface area contributed by atoms with Crippen LogP contribution in [0.4, 0.5) is 49.1 Å². The molecule has 0 aliphatic rings. The Bertz CT molecular complexity index is 1680. The van der Waals surface area contributed by atoms with E-state index in [0.717, 1.165) is 18.2 Å². The molecule has 21 heteroatoms. The molecule has 8 nitrogen and oxygen atoms in total. The number of nitrogen functional groups attached to an aromatic ring is 2. The van der Waals surface area contributed by atoms with E-state index in [-0.39, 0.29) is 113 Å². The standard InChI is InChI=1S/C6H3Cl2NO2.C6H3ClF2.C6H3ClFNO2.C6H5ClFN.C6H5F2N.2CH4.FH.K/c7-4-2-1-3-5(6(4)8)9(10)11;7-4-2-1-3-5(8)6(4)9;7-4-2-1-3-5(6(4)8)9(10)11;2*7-4-2-1-3-5(9)6(4)8;;;;/h1-3H;1-3H;1-3H;2*1-3H,9H2;2*1H4;1H;/q;;;;;;;;+1/p-1. The smallest absolute Gasteiger partial charge is 1.00 e. The molecular formula is C32H27Cl5F7KN4O4. The molecule has 0 aliphatic heterocycles. The zero-order chi connectivity index (χ0) is 37.4. The summed E-state index contributed by atoms with van der Waals surface area (Å²) in [6, 6.07) is 19.8. The topological polar surface area (TPSA) is 138 Å². The minimum atomic E-state index is -0.987. The first-order chi connectivity index (χ1) is 22.9. The number of nitrogens with two attached hydrogens (primary N) is 2. The van der Waals surface area contributed by atoms with Gasteiger partial charge in [-0.1, -0.05) is 103 Å². The molecule has 5 aromatic rings. The molecule has 0 radical (unpaired) electrons. The second-order valence-corrected chi connectivity index (χ2v) is 10.5. The van der Waals surface area contributed by atoms with E-state index in [1.165, 1.54) is 66.7 Å². The Morgan fingerprint density at radius 3 is 1.11 bits per heavy atom. The van der Waals surface area contributed by atoms with Crippen LogP contribution in [0.2, 0.25) is 25.1 Å². The van der Waals surface area contributed by atoms with Gasteiger partial charge in [-0.15, -0.1) is 0 Å². The van der Waals surface area contributed by atoms with Gasteiger partial charge >= 0.3 is 57.1 Å². The molecule has 284 valence electrons. The summed E-state index contributed by atoms with van der Waals surface area (Å²) in [5.74, 6) is -5.31. The second-order valence-electron chi connectivity index (χ2n) is 8.48. The summed E-state index contributed by atoms with van der Waals surface area (Å²) >= 11 is 26.9. The molecule has 0 spiro atoms. The number of nitro benzene ring substituents is 2. The summed E-state index contributed by atoms with van der Waals surface area (Å²) in [6.45, 7) is 0. The van der Waals surface area contributed by atoms with E-state index in [0.29, 0.717) is 0 Å². The van der Waals surface area contributed by atoms with Gasteiger partial charge in [-0.3, -0.25) is 20.2 Å². The van der Waals surface area contributed by atoms with Crippen molar-refractivity contribution in [2.45, 2.75) is 14.9 Å². The third-order valence-corrected chi connectivity index (χ3v) is 6.81. The van der Waals surface area contributed by atoms with E-state index in [1.54, 1.807) is 6.07 Å². The van der Waals surface area contributed by atoms with Gasteiger partial charge in [0.1, 0.15) is 5.02 Å². The fourth-order valence-corrected chi connectivity index (χ4v) is 3.66. The quantitative estimate of drug-likeness (QED) is 0.0500. The normalized spacial score (nSPS) is 8.89. The molecule has 0 atom stereocenters. The monoisotopic (exact) mass is 878 g/mol. The molecule has 0 aliphatic carbocycles. The van der Waals surface area contributed by atoms with Crippen molar-refractivity contribution in [3.63, 3.8) is 0 Å². The van der Waals surface area contributed by atoms with Crippen molar-refractivity contribution in [1.29, 1.82) is 0 Å². The number of hydrogen-bond donors (Lipinski definition) is 2. The number of rotatable bonds is 2. The van der Waals surface area contributed by atoms with E-state index in [4.69, 9.17) is 69.5 Å². The van der Waals surface area contributed by atoms with Gasteiger partial charge in [-0.05, 0) is 48.5 Å². The van der Waals surface area contributed by atoms with Crippen molar-refractivity contribution >= 4 is 80.8 Å². The molecule has 5 aromatic carbocycles. The number of anilines is 2. The molecule has 5 rings (SSSR count). The Kier molecular flexibility index (Phi) is 30.6. The van der Waals surface area contributed by atoms with Crippen LogP contribution >= 0.6 is 58.0 Å². The van der Waals surface area contributed by atoms with Crippen LogP contribution in [0.15, 0.2) is 91.0 Å². The summed E-state index contributed by atoms with van der Waals surface area (Å²) in [7, 11) is 0. The molecular weight excluding hydrogens is 854 g/mol. The first-order valence-electron chi connectivity index (χ1n) is 12.6. The third-order valence-electron chi connectivity index (χ3n) is 5.12. The first kappa shape index (κ1) is 56.8. The summed E-state index contributed by atoms with van der Waals surface area (Å²) in [4.78, 5) is 18.9. The molecule has 0 amide bonds. The SMILES string of the molecule is C.C.Fc1cccc(Cl)c1F.Nc1cccc(Cl)c1F.Nc1cccc(F)c1F.O=[N+]([O-])c1cccc(Cl)c1Cl.O=[N+]([O-])c1cccc(Cl)c1F.[F-].[K+]. The Hall–Kier alpha value is -2.90. The van der Waals surface area contributed by atoms with E-state index in [2.05, 4.69) is 0 Å². The van der Waals surface area contributed by atoms with Gasteiger partial charge in [-0.25, -0.2) is 22.0 Å². The summed E-state index contributed by atoms with van der Waals surface area (Å²) in [5, 5.41) is 20.1. The predicted molar refractivity (Wildman–Crippen MR) is 193 cm³/mol. The van der Waals surface area contributed by atoms with E-state index in [1.807, 2.05) is 0 Å². The molecule has 0 unspecified atom stereocenters. The van der Waals surface area contributed by atoms with Crippen LogP contribution in [0.5, 0.6) is 0 Å². The minimum absolute atomic E-state index is 0. The molecule has 53 heavy (non-hydrogen) atoms. The maximum Gasteiger partial charge on any atom is 1.00 e. The average molecular weight is 881 g/mol. The summed E-state index contributed by atoms with van der Waals surface area (Å²) in [5.41, 5.74) is 9.33. The molecule has 4 N–H and O–H groups in total. The van der Waals surface area contributed by atoms with Crippen molar-refractivity contribution in [2.75, 3.05) is 11.5 Å². The predicted octanol–water partition coefficient (Wildman–Crippen LogP) is 6.80. The van der Waals surface area contributed by atoms with Crippen LogP contribution in [0.1, 0.15) is 14.9 Å². The number of nitro groups is 2. The molecule has 0 aromatic heterocycles. The Balaban J connectivity index is -0.000000279. The zero-order valence-electron chi connectivity index (χ0n) is 25.4. The minimum Gasteiger partial charge on any atom is -1.00 e. The number of nitrogens with zero attached hydrogens (tertiary/aromatic N) is 2. The Morgan fingerprint density at radius 2 is 0.792 bits per heavy atom.